The molecule has 0 fully saturated rings. The highest BCUT2D eigenvalue weighted by Gasteiger charge is 2.15. The van der Waals surface area contributed by atoms with Gasteiger partial charge in [0.2, 0.25) is 5.91 Å². The zero-order chi connectivity index (χ0) is 13.0. The molecule has 3 nitrogen and oxygen atoms in total. The third-order valence-electron chi connectivity index (χ3n) is 2.82. The number of nitrogens with zero attached hydrogens (tertiary/aromatic N) is 1. The van der Waals surface area contributed by atoms with Crippen molar-refractivity contribution in [1.29, 1.82) is 0 Å². The Labute approximate surface area is 110 Å². The fraction of sp³-hybridized carbons (Fsp3) is 0.214. The molecule has 0 aromatic carbocycles. The van der Waals surface area contributed by atoms with Gasteiger partial charge in [0.05, 0.1) is 12.3 Å². The van der Waals surface area contributed by atoms with Gasteiger partial charge in [0, 0.05) is 18.0 Å². The molecule has 2 rings (SSSR count). The molecule has 18 heavy (non-hydrogen) atoms. The predicted molar refractivity (Wildman–Crippen MR) is 73.2 cm³/mol. The first kappa shape index (κ1) is 12.6. The first-order chi connectivity index (χ1) is 8.68. The minimum Gasteiger partial charge on any atom is -0.465 e. The SMILES string of the molecule is C[C@H](c1cccs1)N(C)C(=O)/C=C\c1ccco1. The summed E-state index contributed by atoms with van der Waals surface area (Å²) in [5.74, 6) is 0.646. The number of hydrogen-bond donors (Lipinski definition) is 0. The molecule has 94 valence electrons. The van der Waals surface area contributed by atoms with Crippen LogP contribution in [0.15, 0.2) is 46.4 Å². The largest absolute Gasteiger partial charge is 0.465 e. The van der Waals surface area contributed by atoms with Gasteiger partial charge in [-0.3, -0.25) is 4.79 Å². The molecule has 0 spiro atoms. The molecule has 0 N–H and O–H groups in total. The highest BCUT2D eigenvalue weighted by molar-refractivity contribution is 7.10. The van der Waals surface area contributed by atoms with E-state index < -0.39 is 0 Å². The van der Waals surface area contributed by atoms with Crippen LogP contribution in [0.3, 0.4) is 0 Å². The molecule has 1 atom stereocenters. The standard InChI is InChI=1S/C14H15NO2S/c1-11(13-6-4-10-18-13)15(2)14(16)8-7-12-5-3-9-17-12/h3-11H,1-2H3/b8-7-/t11-/m1/s1. The Morgan fingerprint density at radius 2 is 2.28 bits per heavy atom. The molecule has 0 unspecified atom stereocenters. The monoisotopic (exact) mass is 261 g/mol. The molecule has 0 saturated heterocycles. The van der Waals surface area contributed by atoms with Crippen molar-refractivity contribution in [3.63, 3.8) is 0 Å². The molecular weight excluding hydrogens is 246 g/mol. The lowest BCUT2D eigenvalue weighted by molar-refractivity contribution is -0.126. The van der Waals surface area contributed by atoms with Gasteiger partial charge in [-0.15, -0.1) is 11.3 Å². The summed E-state index contributed by atoms with van der Waals surface area (Å²) in [5.41, 5.74) is 0. The first-order valence-corrected chi connectivity index (χ1v) is 6.58. The Morgan fingerprint density at radius 3 is 2.89 bits per heavy atom. The van der Waals surface area contributed by atoms with Crippen molar-refractivity contribution >= 4 is 23.3 Å². The molecule has 2 aromatic heterocycles. The number of carbonyl (C=O) groups is 1. The Morgan fingerprint density at radius 1 is 1.44 bits per heavy atom. The topological polar surface area (TPSA) is 33.5 Å². The third-order valence-corrected chi connectivity index (χ3v) is 3.86. The van der Waals surface area contributed by atoms with Crippen LogP contribution in [-0.4, -0.2) is 17.9 Å². The van der Waals surface area contributed by atoms with Gasteiger partial charge in [0.1, 0.15) is 5.76 Å². The number of amides is 1. The Balaban J connectivity index is 2.01. The van der Waals surface area contributed by atoms with Crippen molar-refractivity contribution in [1.82, 2.24) is 4.90 Å². The lowest BCUT2D eigenvalue weighted by atomic mass is 10.2. The van der Waals surface area contributed by atoms with Crippen LogP contribution in [-0.2, 0) is 4.79 Å². The van der Waals surface area contributed by atoms with Crippen LogP contribution in [0.1, 0.15) is 23.6 Å². The summed E-state index contributed by atoms with van der Waals surface area (Å²) >= 11 is 1.66. The van der Waals surface area contributed by atoms with Crippen molar-refractivity contribution in [2.24, 2.45) is 0 Å². The summed E-state index contributed by atoms with van der Waals surface area (Å²) in [6, 6.07) is 7.72. The van der Waals surface area contributed by atoms with Gasteiger partial charge in [-0.1, -0.05) is 6.07 Å². The van der Waals surface area contributed by atoms with Crippen LogP contribution in [0.4, 0.5) is 0 Å². The Kier molecular flexibility index (Phi) is 3.99. The third kappa shape index (κ3) is 2.90. The molecule has 1 amide bonds. The lowest BCUT2D eigenvalue weighted by Crippen LogP contribution is -2.27. The van der Waals surface area contributed by atoms with Gasteiger partial charge in [-0.2, -0.15) is 0 Å². The van der Waals surface area contributed by atoms with Gasteiger partial charge in [-0.05, 0) is 36.6 Å². The molecule has 2 aromatic rings. The van der Waals surface area contributed by atoms with Crippen LogP contribution in [0.25, 0.3) is 6.08 Å². The summed E-state index contributed by atoms with van der Waals surface area (Å²) < 4.78 is 5.14. The van der Waals surface area contributed by atoms with E-state index in [4.69, 9.17) is 4.42 Å². The molecule has 0 aliphatic carbocycles. The van der Waals surface area contributed by atoms with Gasteiger partial charge < -0.3 is 9.32 Å². The van der Waals surface area contributed by atoms with E-state index in [9.17, 15) is 4.79 Å². The lowest BCUT2D eigenvalue weighted by Gasteiger charge is -2.22. The first-order valence-electron chi connectivity index (χ1n) is 5.70. The number of furan rings is 1. The van der Waals surface area contributed by atoms with Crippen LogP contribution in [0, 0.1) is 0 Å². The predicted octanol–water partition coefficient (Wildman–Crippen LogP) is 3.57. The normalized spacial score (nSPS) is 12.8. The van der Waals surface area contributed by atoms with Crippen molar-refractivity contribution in [3.05, 3.63) is 52.6 Å². The fourth-order valence-corrected chi connectivity index (χ4v) is 2.39. The molecule has 0 aliphatic heterocycles. The van der Waals surface area contributed by atoms with Gasteiger partial charge in [0.15, 0.2) is 0 Å². The maximum atomic E-state index is 12.0. The number of rotatable bonds is 4. The molecule has 0 aliphatic rings. The van der Waals surface area contributed by atoms with E-state index in [1.165, 1.54) is 11.0 Å². The van der Waals surface area contributed by atoms with Crippen LogP contribution in [0.2, 0.25) is 0 Å². The van der Waals surface area contributed by atoms with E-state index in [-0.39, 0.29) is 11.9 Å². The molecule has 0 bridgehead atoms. The average molecular weight is 261 g/mol. The maximum Gasteiger partial charge on any atom is 0.246 e. The molecule has 0 radical (unpaired) electrons. The Bertz CT molecular complexity index is 514. The number of carbonyl (C=O) groups excluding carboxylic acids is 1. The number of hydrogen-bond acceptors (Lipinski definition) is 3. The zero-order valence-corrected chi connectivity index (χ0v) is 11.2. The second-order valence-electron chi connectivity index (χ2n) is 3.99. The summed E-state index contributed by atoms with van der Waals surface area (Å²) in [6.45, 7) is 2.02. The average Bonchev–Trinajstić information content (AvgIpc) is 3.06. The molecular formula is C14H15NO2S. The zero-order valence-electron chi connectivity index (χ0n) is 10.4. The van der Waals surface area contributed by atoms with Crippen molar-refractivity contribution in [2.75, 3.05) is 7.05 Å². The van der Waals surface area contributed by atoms with E-state index in [1.807, 2.05) is 30.5 Å². The quantitative estimate of drug-likeness (QED) is 0.788. The smallest absolute Gasteiger partial charge is 0.246 e. The van der Waals surface area contributed by atoms with Gasteiger partial charge in [0.25, 0.3) is 0 Å². The van der Waals surface area contributed by atoms with E-state index >= 15 is 0 Å². The van der Waals surface area contributed by atoms with E-state index in [1.54, 1.807) is 41.7 Å². The van der Waals surface area contributed by atoms with Gasteiger partial charge >= 0.3 is 0 Å². The number of likely N-dealkylation sites (N-methyl/N-ethyl adjacent to an activating group) is 1. The van der Waals surface area contributed by atoms with Crippen molar-refractivity contribution in [2.45, 2.75) is 13.0 Å². The van der Waals surface area contributed by atoms with E-state index in [0.717, 1.165) is 0 Å². The summed E-state index contributed by atoms with van der Waals surface area (Å²) in [5, 5.41) is 2.02. The second-order valence-corrected chi connectivity index (χ2v) is 4.97. The van der Waals surface area contributed by atoms with E-state index in [0.29, 0.717) is 5.76 Å². The fourth-order valence-electron chi connectivity index (χ4n) is 1.57. The van der Waals surface area contributed by atoms with Crippen molar-refractivity contribution < 1.29 is 9.21 Å². The van der Waals surface area contributed by atoms with E-state index in [2.05, 4.69) is 0 Å². The van der Waals surface area contributed by atoms with Gasteiger partial charge in [-0.25, -0.2) is 0 Å². The molecule has 2 heterocycles. The summed E-state index contributed by atoms with van der Waals surface area (Å²) in [6.07, 6.45) is 4.80. The highest BCUT2D eigenvalue weighted by atomic mass is 32.1. The summed E-state index contributed by atoms with van der Waals surface area (Å²) in [4.78, 5) is 14.9. The van der Waals surface area contributed by atoms with Crippen LogP contribution >= 0.6 is 11.3 Å². The highest BCUT2D eigenvalue weighted by Crippen LogP contribution is 2.23. The maximum absolute atomic E-state index is 12.0. The minimum absolute atomic E-state index is 0.0349. The van der Waals surface area contributed by atoms with Crippen molar-refractivity contribution in [3.8, 4) is 0 Å². The minimum atomic E-state index is -0.0349. The Hall–Kier alpha value is -1.81. The van der Waals surface area contributed by atoms with Crippen LogP contribution in [0.5, 0.6) is 0 Å². The molecule has 4 heteroatoms. The molecule has 0 saturated carbocycles. The summed E-state index contributed by atoms with van der Waals surface area (Å²) in [7, 11) is 1.80. The number of thiophene rings is 1. The second kappa shape index (κ2) is 5.69. The van der Waals surface area contributed by atoms with Crippen LogP contribution < -0.4 is 0 Å².